The minimum Gasteiger partial charge on any atom is -0.487 e. The van der Waals surface area contributed by atoms with Crippen molar-refractivity contribution in [2.75, 3.05) is 13.1 Å². The van der Waals surface area contributed by atoms with Gasteiger partial charge in [-0.1, -0.05) is 18.2 Å². The van der Waals surface area contributed by atoms with Crippen molar-refractivity contribution in [1.29, 1.82) is 0 Å². The Morgan fingerprint density at radius 1 is 1.32 bits per heavy atom. The van der Waals surface area contributed by atoms with Crippen molar-refractivity contribution in [3.63, 3.8) is 0 Å². The number of aliphatic imine (C=N–C) groups is 1. The van der Waals surface area contributed by atoms with E-state index in [-0.39, 0.29) is 41.6 Å². The highest BCUT2D eigenvalue weighted by Gasteiger charge is 2.43. The summed E-state index contributed by atoms with van der Waals surface area (Å²) in [5, 5.41) is 15.4. The smallest absolute Gasteiger partial charge is 0.416 e. The third-order valence-electron chi connectivity index (χ3n) is 5.17. The molecule has 1 aliphatic carbocycles. The number of hydrogen-bond donors (Lipinski definition) is 3. The average Bonchev–Trinajstić information content (AvgIpc) is 3.06. The number of guanidine groups is 1. The van der Waals surface area contributed by atoms with E-state index in [1.54, 1.807) is 0 Å². The second-order valence-electron chi connectivity index (χ2n) is 7.21. The van der Waals surface area contributed by atoms with E-state index in [4.69, 9.17) is 4.74 Å². The Morgan fingerprint density at radius 2 is 2.00 bits per heavy atom. The molecule has 1 spiro atoms. The molecule has 2 atom stereocenters. The number of fused-ring (bicyclic) bond motifs is 1. The van der Waals surface area contributed by atoms with E-state index in [1.807, 2.05) is 31.2 Å². The van der Waals surface area contributed by atoms with Gasteiger partial charge in [-0.05, 0) is 38.7 Å². The maximum absolute atomic E-state index is 12.6. The van der Waals surface area contributed by atoms with Gasteiger partial charge in [0.1, 0.15) is 11.4 Å². The number of nitrogens with one attached hydrogen (secondary N) is 2. The molecule has 0 radical (unpaired) electrons. The van der Waals surface area contributed by atoms with Crippen molar-refractivity contribution in [2.24, 2.45) is 4.99 Å². The fourth-order valence-electron chi connectivity index (χ4n) is 3.84. The van der Waals surface area contributed by atoms with Crippen molar-refractivity contribution < 1.29 is 23.0 Å². The summed E-state index contributed by atoms with van der Waals surface area (Å²) in [6, 6.07) is 7.61. The number of alkyl halides is 3. The van der Waals surface area contributed by atoms with E-state index in [0.717, 1.165) is 43.4 Å². The van der Waals surface area contributed by atoms with Crippen molar-refractivity contribution >= 4 is 29.9 Å². The first-order valence-corrected chi connectivity index (χ1v) is 9.40. The molecule has 3 N–H and O–H groups in total. The minimum atomic E-state index is -4.68. The Balaban J connectivity index is 0.00000280. The van der Waals surface area contributed by atoms with Gasteiger partial charge in [0.25, 0.3) is 0 Å². The van der Waals surface area contributed by atoms with Gasteiger partial charge in [0, 0.05) is 18.5 Å². The summed E-state index contributed by atoms with van der Waals surface area (Å²) in [6.45, 7) is 1.60. The maximum atomic E-state index is 12.6. The number of para-hydroxylation sites is 1. The van der Waals surface area contributed by atoms with Crippen LogP contribution in [0.25, 0.3) is 0 Å². The van der Waals surface area contributed by atoms with Gasteiger partial charge in [-0.3, -0.25) is 4.99 Å². The van der Waals surface area contributed by atoms with Gasteiger partial charge in [-0.2, -0.15) is 13.2 Å². The molecule has 0 saturated heterocycles. The van der Waals surface area contributed by atoms with Crippen molar-refractivity contribution in [1.82, 2.24) is 10.6 Å². The molecule has 1 fully saturated rings. The first-order chi connectivity index (χ1) is 12.8. The molecular formula is C19H27F3IN3O2. The van der Waals surface area contributed by atoms with Crippen LogP contribution in [-0.2, 0) is 0 Å². The fraction of sp³-hybridized carbons (Fsp3) is 0.632. The predicted molar refractivity (Wildman–Crippen MR) is 112 cm³/mol. The predicted octanol–water partition coefficient (Wildman–Crippen LogP) is 3.92. The van der Waals surface area contributed by atoms with Gasteiger partial charge in [0.2, 0.25) is 0 Å². The van der Waals surface area contributed by atoms with Crippen molar-refractivity contribution in [3.8, 4) is 5.75 Å². The second kappa shape index (κ2) is 9.51. The zero-order valence-electron chi connectivity index (χ0n) is 15.8. The number of nitrogens with zero attached hydrogens (tertiary/aromatic N) is 1. The van der Waals surface area contributed by atoms with E-state index in [0.29, 0.717) is 6.54 Å². The number of hydrogen-bond acceptors (Lipinski definition) is 3. The molecule has 158 valence electrons. The van der Waals surface area contributed by atoms with Crippen LogP contribution >= 0.6 is 24.0 Å². The molecule has 28 heavy (non-hydrogen) atoms. The molecule has 1 aliphatic heterocycles. The number of ether oxygens (including phenoxy) is 1. The zero-order chi connectivity index (χ0) is 19.5. The van der Waals surface area contributed by atoms with Crippen LogP contribution < -0.4 is 15.4 Å². The Labute approximate surface area is 180 Å². The van der Waals surface area contributed by atoms with E-state index < -0.39 is 18.8 Å². The highest BCUT2D eigenvalue weighted by atomic mass is 127. The van der Waals surface area contributed by atoms with Crippen LogP contribution in [0.15, 0.2) is 29.3 Å². The summed E-state index contributed by atoms with van der Waals surface area (Å²) < 4.78 is 44.0. The molecule has 1 aromatic rings. The minimum absolute atomic E-state index is 0. The second-order valence-corrected chi connectivity index (χ2v) is 7.21. The normalized spacial score (nSPS) is 22.0. The van der Waals surface area contributed by atoms with Gasteiger partial charge >= 0.3 is 6.18 Å². The van der Waals surface area contributed by atoms with Crippen LogP contribution in [0.2, 0.25) is 0 Å². The summed E-state index contributed by atoms with van der Waals surface area (Å²) in [6.07, 6.45) is -2.26. The lowest BCUT2D eigenvalue weighted by Crippen LogP contribution is -2.47. The first kappa shape index (κ1) is 23.1. The molecule has 1 saturated carbocycles. The first-order valence-electron chi connectivity index (χ1n) is 9.40. The summed E-state index contributed by atoms with van der Waals surface area (Å²) >= 11 is 0. The van der Waals surface area contributed by atoms with Gasteiger partial charge < -0.3 is 20.5 Å². The van der Waals surface area contributed by atoms with Crippen molar-refractivity contribution in [3.05, 3.63) is 29.8 Å². The lowest BCUT2D eigenvalue weighted by Gasteiger charge is -2.40. The quantitative estimate of drug-likeness (QED) is 0.325. The molecular weight excluding hydrogens is 486 g/mol. The van der Waals surface area contributed by atoms with E-state index in [9.17, 15) is 18.3 Å². The van der Waals surface area contributed by atoms with E-state index in [1.165, 1.54) is 0 Å². The third kappa shape index (κ3) is 5.43. The van der Waals surface area contributed by atoms with E-state index >= 15 is 0 Å². The molecule has 3 rings (SSSR count). The molecule has 0 amide bonds. The Bertz CT molecular complexity index is 679. The van der Waals surface area contributed by atoms with Gasteiger partial charge in [-0.25, -0.2) is 0 Å². The Kier molecular flexibility index (Phi) is 7.83. The summed E-state index contributed by atoms with van der Waals surface area (Å²) in [4.78, 5) is 3.95. The maximum Gasteiger partial charge on any atom is 0.416 e. The average molecular weight is 513 g/mol. The number of aliphatic hydroxyl groups excluding tert-OH is 1. The molecule has 0 aromatic heterocycles. The molecule has 1 aromatic carbocycles. The Hall–Kier alpha value is -1.23. The largest absolute Gasteiger partial charge is 0.487 e. The van der Waals surface area contributed by atoms with Crippen LogP contribution in [0.4, 0.5) is 13.2 Å². The molecule has 5 nitrogen and oxygen atoms in total. The lowest BCUT2D eigenvalue weighted by molar-refractivity contribution is -0.199. The van der Waals surface area contributed by atoms with Crippen LogP contribution in [0.1, 0.15) is 50.6 Å². The summed E-state index contributed by atoms with van der Waals surface area (Å²) in [5.41, 5.74) is 0.742. The molecule has 0 bridgehead atoms. The van der Waals surface area contributed by atoms with Crippen LogP contribution in [0, 0.1) is 0 Å². The number of benzene rings is 1. The van der Waals surface area contributed by atoms with E-state index in [2.05, 4.69) is 15.6 Å². The van der Waals surface area contributed by atoms with Gasteiger partial charge in [0.05, 0.1) is 12.6 Å². The number of aliphatic hydroxyl groups is 1. The standard InChI is InChI=1S/C19H26F3N3O2.HI/c1-2-23-17(24-12-16(26)19(20,21)22)25-14-11-18(9-5-6-10-18)27-15-8-4-3-7-13(14)15;/h3-4,7-8,14,16,26H,2,5-6,9-12H2,1H3,(H2,23,24,25);1H. The van der Waals surface area contributed by atoms with Crippen molar-refractivity contribution in [2.45, 2.75) is 63.0 Å². The molecule has 9 heteroatoms. The lowest BCUT2D eigenvalue weighted by atomic mass is 9.86. The van der Waals surface area contributed by atoms with Crippen LogP contribution in [-0.4, -0.2) is 42.0 Å². The fourth-order valence-corrected chi connectivity index (χ4v) is 3.84. The topological polar surface area (TPSA) is 65.9 Å². The zero-order valence-corrected chi connectivity index (χ0v) is 18.1. The molecule has 1 heterocycles. The van der Waals surface area contributed by atoms with Crippen LogP contribution in [0.5, 0.6) is 5.75 Å². The highest BCUT2D eigenvalue weighted by Crippen LogP contribution is 2.46. The SMILES string of the molecule is CCNC(=NCC(O)C(F)(F)F)NC1CC2(CCCC2)Oc2ccccc21.I. The number of rotatable bonds is 4. The Morgan fingerprint density at radius 3 is 2.64 bits per heavy atom. The van der Waals surface area contributed by atoms with Gasteiger partial charge in [0.15, 0.2) is 12.1 Å². The summed E-state index contributed by atoms with van der Waals surface area (Å²) in [5.74, 6) is 1.07. The van der Waals surface area contributed by atoms with Crippen LogP contribution in [0.3, 0.4) is 0 Å². The monoisotopic (exact) mass is 513 g/mol. The highest BCUT2D eigenvalue weighted by molar-refractivity contribution is 14.0. The van der Waals surface area contributed by atoms with Gasteiger partial charge in [-0.15, -0.1) is 24.0 Å². The summed E-state index contributed by atoms with van der Waals surface area (Å²) in [7, 11) is 0. The molecule has 2 unspecified atom stereocenters. The third-order valence-corrected chi connectivity index (χ3v) is 5.17. The molecule has 2 aliphatic rings. The number of halogens is 4.